The largest absolute Gasteiger partial charge is 0.247 e. The van der Waals surface area contributed by atoms with Gasteiger partial charge in [-0.15, -0.1) is 0 Å². The molecular formula is C43H27N3. The third-order valence-corrected chi connectivity index (χ3v) is 8.83. The summed E-state index contributed by atoms with van der Waals surface area (Å²) in [4.78, 5) is 15.6. The van der Waals surface area contributed by atoms with Crippen molar-refractivity contribution in [3.8, 4) is 45.2 Å². The lowest BCUT2D eigenvalue weighted by Crippen LogP contribution is -1.97. The number of aromatic nitrogens is 3. The molecule has 0 unspecified atom stereocenters. The lowest BCUT2D eigenvalue weighted by Gasteiger charge is -2.14. The first-order valence-electron chi connectivity index (χ1n) is 15.5. The molecular weight excluding hydrogens is 558 g/mol. The van der Waals surface area contributed by atoms with Gasteiger partial charge in [0.25, 0.3) is 0 Å². The molecule has 0 fully saturated rings. The van der Waals surface area contributed by atoms with Crippen molar-refractivity contribution in [3.63, 3.8) is 0 Å². The second-order valence-electron chi connectivity index (χ2n) is 11.7. The highest BCUT2D eigenvalue weighted by molar-refractivity contribution is 6.22. The van der Waals surface area contributed by atoms with E-state index in [9.17, 15) is 0 Å². The molecule has 0 spiro atoms. The van der Waals surface area contributed by atoms with E-state index in [-0.39, 0.29) is 0 Å². The van der Waals surface area contributed by atoms with E-state index in [0.717, 1.165) is 55.6 Å². The third-order valence-electron chi connectivity index (χ3n) is 8.83. The predicted molar refractivity (Wildman–Crippen MR) is 192 cm³/mol. The zero-order valence-corrected chi connectivity index (χ0v) is 24.9. The molecule has 0 radical (unpaired) electrons. The van der Waals surface area contributed by atoms with E-state index in [1.807, 2.05) is 36.4 Å². The van der Waals surface area contributed by atoms with Gasteiger partial charge in [0, 0.05) is 38.4 Å². The summed E-state index contributed by atoms with van der Waals surface area (Å²) in [6.07, 6.45) is 0. The molecule has 0 saturated carbocycles. The third kappa shape index (κ3) is 4.49. The van der Waals surface area contributed by atoms with Crippen molar-refractivity contribution in [1.82, 2.24) is 15.0 Å². The van der Waals surface area contributed by atoms with E-state index in [0.29, 0.717) is 5.82 Å². The van der Waals surface area contributed by atoms with Crippen LogP contribution < -0.4 is 0 Å². The average molecular weight is 586 g/mol. The molecule has 3 heteroatoms. The summed E-state index contributed by atoms with van der Waals surface area (Å²) in [7, 11) is 0. The van der Waals surface area contributed by atoms with E-state index >= 15 is 0 Å². The monoisotopic (exact) mass is 585 g/mol. The summed E-state index contributed by atoms with van der Waals surface area (Å²) >= 11 is 0. The maximum absolute atomic E-state index is 5.38. The SMILES string of the molecule is c1ccc(-c2cc(-c3ccccc3)nc(-c3ccc4c(c3)nc(-c3ccc5ccccc5c3)c3ccc5ccccc5c34)n2)cc1. The maximum atomic E-state index is 5.38. The summed E-state index contributed by atoms with van der Waals surface area (Å²) in [5.74, 6) is 0.675. The number of hydrogen-bond acceptors (Lipinski definition) is 3. The van der Waals surface area contributed by atoms with Crippen LogP contribution in [0.5, 0.6) is 0 Å². The molecule has 0 N–H and O–H groups in total. The van der Waals surface area contributed by atoms with Gasteiger partial charge in [-0.1, -0.05) is 146 Å². The van der Waals surface area contributed by atoms with Gasteiger partial charge in [0.1, 0.15) is 0 Å². The summed E-state index contributed by atoms with van der Waals surface area (Å²) in [6, 6.07) is 57.3. The Labute approximate surface area is 266 Å². The maximum Gasteiger partial charge on any atom is 0.160 e. The van der Waals surface area contributed by atoms with E-state index in [2.05, 4.69) is 127 Å². The van der Waals surface area contributed by atoms with Crippen molar-refractivity contribution in [3.05, 3.63) is 164 Å². The summed E-state index contributed by atoms with van der Waals surface area (Å²) in [5, 5.41) is 8.31. The number of nitrogens with zero attached hydrogens (tertiary/aromatic N) is 3. The minimum Gasteiger partial charge on any atom is -0.247 e. The number of hydrogen-bond donors (Lipinski definition) is 0. The second kappa shape index (κ2) is 10.8. The Hall–Kier alpha value is -6.19. The molecule has 0 bridgehead atoms. The average Bonchev–Trinajstić information content (AvgIpc) is 3.14. The molecule has 2 aromatic heterocycles. The van der Waals surface area contributed by atoms with Gasteiger partial charge in [-0.2, -0.15) is 0 Å². The van der Waals surface area contributed by atoms with Crippen molar-refractivity contribution in [2.75, 3.05) is 0 Å². The first-order chi connectivity index (χ1) is 22.8. The zero-order chi connectivity index (χ0) is 30.5. The Morgan fingerprint density at radius 1 is 0.326 bits per heavy atom. The van der Waals surface area contributed by atoms with Gasteiger partial charge in [0.15, 0.2) is 5.82 Å². The van der Waals surface area contributed by atoms with Crippen LogP contribution in [-0.2, 0) is 0 Å². The van der Waals surface area contributed by atoms with Crippen LogP contribution in [0.4, 0.5) is 0 Å². The molecule has 214 valence electrons. The minimum atomic E-state index is 0.675. The topological polar surface area (TPSA) is 38.7 Å². The minimum absolute atomic E-state index is 0.675. The molecule has 7 aromatic carbocycles. The van der Waals surface area contributed by atoms with E-state index in [4.69, 9.17) is 15.0 Å². The van der Waals surface area contributed by atoms with Crippen LogP contribution in [-0.4, -0.2) is 15.0 Å². The quantitative estimate of drug-likeness (QED) is 0.193. The lowest BCUT2D eigenvalue weighted by atomic mass is 9.94. The molecule has 2 heterocycles. The van der Waals surface area contributed by atoms with Crippen LogP contribution in [0.1, 0.15) is 0 Å². The molecule has 9 rings (SSSR count). The van der Waals surface area contributed by atoms with Gasteiger partial charge < -0.3 is 0 Å². The highest BCUT2D eigenvalue weighted by Gasteiger charge is 2.16. The molecule has 0 amide bonds. The summed E-state index contributed by atoms with van der Waals surface area (Å²) < 4.78 is 0. The lowest BCUT2D eigenvalue weighted by molar-refractivity contribution is 1.18. The van der Waals surface area contributed by atoms with Crippen molar-refractivity contribution >= 4 is 43.2 Å². The van der Waals surface area contributed by atoms with Crippen LogP contribution in [0.2, 0.25) is 0 Å². The smallest absolute Gasteiger partial charge is 0.160 e. The molecule has 46 heavy (non-hydrogen) atoms. The number of rotatable bonds is 4. The Kier molecular flexibility index (Phi) is 6.14. The van der Waals surface area contributed by atoms with Crippen LogP contribution in [0.15, 0.2) is 164 Å². The van der Waals surface area contributed by atoms with Crippen molar-refractivity contribution in [1.29, 1.82) is 0 Å². The van der Waals surface area contributed by atoms with Gasteiger partial charge in [0.05, 0.1) is 22.6 Å². The second-order valence-corrected chi connectivity index (χ2v) is 11.7. The van der Waals surface area contributed by atoms with Gasteiger partial charge in [-0.25, -0.2) is 15.0 Å². The van der Waals surface area contributed by atoms with E-state index < -0.39 is 0 Å². The van der Waals surface area contributed by atoms with Crippen molar-refractivity contribution in [2.24, 2.45) is 0 Å². The van der Waals surface area contributed by atoms with E-state index in [1.165, 1.54) is 26.9 Å². The number of pyridine rings is 1. The fourth-order valence-corrected chi connectivity index (χ4v) is 6.56. The van der Waals surface area contributed by atoms with Crippen LogP contribution in [0.3, 0.4) is 0 Å². The summed E-state index contributed by atoms with van der Waals surface area (Å²) in [5.41, 5.74) is 7.80. The summed E-state index contributed by atoms with van der Waals surface area (Å²) in [6.45, 7) is 0. The standard InChI is InChI=1S/C43H27N3/c1-3-13-30(14-4-1)38-27-39(31-15-5-2-6-16-31)46-43(45-38)34-22-23-36-40(26-34)44-42(33-20-19-28-11-7-8-17-32(28)25-33)37-24-21-29-12-9-10-18-35(29)41(36)37/h1-27H. The van der Waals surface area contributed by atoms with E-state index in [1.54, 1.807) is 0 Å². The molecule has 0 aliphatic heterocycles. The zero-order valence-electron chi connectivity index (χ0n) is 24.9. The Morgan fingerprint density at radius 3 is 1.65 bits per heavy atom. The van der Waals surface area contributed by atoms with Crippen LogP contribution >= 0.6 is 0 Å². The van der Waals surface area contributed by atoms with Gasteiger partial charge in [-0.05, 0) is 39.7 Å². The number of fused-ring (bicyclic) bond motifs is 6. The Morgan fingerprint density at radius 2 is 0.913 bits per heavy atom. The molecule has 3 nitrogen and oxygen atoms in total. The molecule has 0 aliphatic rings. The first-order valence-corrected chi connectivity index (χ1v) is 15.5. The normalized spacial score (nSPS) is 11.5. The van der Waals surface area contributed by atoms with Crippen molar-refractivity contribution < 1.29 is 0 Å². The fraction of sp³-hybridized carbons (Fsp3) is 0. The highest BCUT2D eigenvalue weighted by atomic mass is 14.9. The Balaban J connectivity index is 1.31. The Bertz CT molecular complexity index is 2520. The first kappa shape index (κ1) is 26.2. The molecule has 0 atom stereocenters. The van der Waals surface area contributed by atoms with Gasteiger partial charge >= 0.3 is 0 Å². The number of benzene rings is 7. The van der Waals surface area contributed by atoms with Crippen molar-refractivity contribution in [2.45, 2.75) is 0 Å². The van der Waals surface area contributed by atoms with Crippen LogP contribution in [0.25, 0.3) is 88.4 Å². The molecule has 9 aromatic rings. The van der Waals surface area contributed by atoms with Gasteiger partial charge in [0.2, 0.25) is 0 Å². The predicted octanol–water partition coefficient (Wildman–Crippen LogP) is 11.2. The fourth-order valence-electron chi connectivity index (χ4n) is 6.56. The molecule has 0 saturated heterocycles. The highest BCUT2D eigenvalue weighted by Crippen LogP contribution is 2.39. The molecule has 0 aliphatic carbocycles. The van der Waals surface area contributed by atoms with Crippen LogP contribution in [0, 0.1) is 0 Å². The van der Waals surface area contributed by atoms with Gasteiger partial charge in [-0.3, -0.25) is 0 Å².